The summed E-state index contributed by atoms with van der Waals surface area (Å²) in [6, 6.07) is 0. The van der Waals surface area contributed by atoms with E-state index in [1.165, 1.54) is 6.92 Å². The summed E-state index contributed by atoms with van der Waals surface area (Å²) in [5.41, 5.74) is -1.72. The first-order chi connectivity index (χ1) is 7.95. The second-order valence-corrected chi connectivity index (χ2v) is 4.60. The van der Waals surface area contributed by atoms with Crippen molar-refractivity contribution in [3.63, 3.8) is 0 Å². The fourth-order valence-electron chi connectivity index (χ4n) is 1.74. The number of aliphatic carboxylic acids is 1. The Labute approximate surface area is 102 Å². The average Bonchev–Trinajstić information content (AvgIpc) is 2.29. The van der Waals surface area contributed by atoms with Crippen LogP contribution in [0.2, 0.25) is 0 Å². The molecule has 2 atom stereocenters. The van der Waals surface area contributed by atoms with Crippen molar-refractivity contribution in [2.45, 2.75) is 25.6 Å². The van der Waals surface area contributed by atoms with Gasteiger partial charge in [0.05, 0.1) is 12.7 Å². The molecule has 1 rings (SSSR count). The van der Waals surface area contributed by atoms with Gasteiger partial charge in [0.2, 0.25) is 0 Å². The van der Waals surface area contributed by atoms with Crippen molar-refractivity contribution in [2.24, 2.45) is 0 Å². The first kappa shape index (κ1) is 14.4. The molecule has 2 unspecified atom stereocenters. The highest BCUT2D eigenvalue weighted by molar-refractivity contribution is 5.76. The molecule has 0 saturated carbocycles. The number of likely N-dealkylation sites (N-methyl/N-ethyl adjacent to an activating group) is 1. The number of aliphatic hydroxyl groups is 1. The predicted octanol–water partition coefficient (Wildman–Crippen LogP) is -0.868. The van der Waals surface area contributed by atoms with Crippen molar-refractivity contribution in [3.05, 3.63) is 0 Å². The maximum Gasteiger partial charge on any atom is 0.336 e. The molecule has 0 aromatic rings. The van der Waals surface area contributed by atoms with Crippen molar-refractivity contribution in [1.29, 1.82) is 0 Å². The number of hydrogen-bond acceptors (Lipinski definition) is 5. The summed E-state index contributed by atoms with van der Waals surface area (Å²) < 4.78 is 5.55. The lowest BCUT2D eigenvalue weighted by molar-refractivity contribution is -0.156. The Balaban J connectivity index is 2.24. The van der Waals surface area contributed by atoms with Crippen LogP contribution in [0.4, 0.5) is 0 Å². The molecule has 0 aliphatic carbocycles. The summed E-state index contributed by atoms with van der Waals surface area (Å²) in [5, 5.41) is 21.2. The van der Waals surface area contributed by atoms with Crippen LogP contribution < -0.4 is 5.32 Å². The van der Waals surface area contributed by atoms with Crippen LogP contribution in [0, 0.1) is 0 Å². The fraction of sp³-hybridized carbons (Fsp3) is 0.909. The third-order valence-electron chi connectivity index (χ3n) is 2.97. The molecule has 6 heteroatoms. The standard InChI is InChI=1S/C11H22N2O4/c1-3-13-4-5-17-9(7-13)6-12-8-11(2,16)10(14)15/h9,12,16H,3-8H2,1-2H3,(H,14,15). The van der Waals surface area contributed by atoms with Crippen LogP contribution in [-0.4, -0.2) is 72.1 Å². The van der Waals surface area contributed by atoms with E-state index in [2.05, 4.69) is 17.1 Å². The van der Waals surface area contributed by atoms with Crippen LogP contribution in [-0.2, 0) is 9.53 Å². The van der Waals surface area contributed by atoms with E-state index in [-0.39, 0.29) is 12.6 Å². The van der Waals surface area contributed by atoms with Crippen LogP contribution in [0.15, 0.2) is 0 Å². The van der Waals surface area contributed by atoms with Crippen molar-refractivity contribution in [1.82, 2.24) is 10.2 Å². The molecule has 0 aromatic carbocycles. The lowest BCUT2D eigenvalue weighted by Crippen LogP contribution is -2.50. The Morgan fingerprint density at radius 3 is 2.94 bits per heavy atom. The van der Waals surface area contributed by atoms with Crippen LogP contribution >= 0.6 is 0 Å². The highest BCUT2D eigenvalue weighted by Crippen LogP contribution is 2.05. The number of morpholine rings is 1. The Morgan fingerprint density at radius 1 is 1.65 bits per heavy atom. The van der Waals surface area contributed by atoms with E-state index in [1.54, 1.807) is 0 Å². The Bertz CT molecular complexity index is 258. The second kappa shape index (κ2) is 6.30. The number of hydrogen-bond donors (Lipinski definition) is 3. The van der Waals surface area contributed by atoms with E-state index >= 15 is 0 Å². The van der Waals surface area contributed by atoms with E-state index in [0.717, 1.165) is 19.6 Å². The number of rotatable bonds is 6. The number of nitrogens with one attached hydrogen (secondary N) is 1. The monoisotopic (exact) mass is 246 g/mol. The van der Waals surface area contributed by atoms with Gasteiger partial charge < -0.3 is 20.3 Å². The van der Waals surface area contributed by atoms with Crippen molar-refractivity contribution in [2.75, 3.05) is 39.3 Å². The number of carboxylic acids is 1. The van der Waals surface area contributed by atoms with Crippen molar-refractivity contribution >= 4 is 5.97 Å². The Kier molecular flexibility index (Phi) is 5.32. The minimum absolute atomic E-state index is 0.0221. The molecule has 6 nitrogen and oxygen atoms in total. The third kappa shape index (κ3) is 4.59. The van der Waals surface area contributed by atoms with Gasteiger partial charge in [-0.15, -0.1) is 0 Å². The SMILES string of the molecule is CCN1CCOC(CNCC(C)(O)C(=O)O)C1. The van der Waals surface area contributed by atoms with Gasteiger partial charge in [-0.3, -0.25) is 4.90 Å². The van der Waals surface area contributed by atoms with Gasteiger partial charge in [0.15, 0.2) is 5.60 Å². The van der Waals surface area contributed by atoms with Crippen molar-refractivity contribution in [3.8, 4) is 0 Å². The normalized spacial score (nSPS) is 25.5. The molecule has 0 spiro atoms. The van der Waals surface area contributed by atoms with E-state index < -0.39 is 11.6 Å². The van der Waals surface area contributed by atoms with Gasteiger partial charge in [-0.1, -0.05) is 6.92 Å². The molecule has 1 saturated heterocycles. The highest BCUT2D eigenvalue weighted by atomic mass is 16.5. The number of carbonyl (C=O) groups is 1. The molecule has 1 heterocycles. The van der Waals surface area contributed by atoms with E-state index in [9.17, 15) is 9.90 Å². The zero-order valence-electron chi connectivity index (χ0n) is 10.5. The van der Waals surface area contributed by atoms with Gasteiger partial charge >= 0.3 is 5.97 Å². The van der Waals surface area contributed by atoms with Gasteiger partial charge in [-0.25, -0.2) is 4.79 Å². The predicted molar refractivity (Wildman–Crippen MR) is 63.0 cm³/mol. The first-order valence-electron chi connectivity index (χ1n) is 5.96. The molecular formula is C11H22N2O4. The van der Waals surface area contributed by atoms with Gasteiger partial charge in [0.25, 0.3) is 0 Å². The zero-order chi connectivity index (χ0) is 12.9. The molecule has 1 fully saturated rings. The molecule has 1 aliphatic rings. The van der Waals surface area contributed by atoms with Gasteiger partial charge in [-0.05, 0) is 13.5 Å². The summed E-state index contributed by atoms with van der Waals surface area (Å²) in [7, 11) is 0. The Morgan fingerprint density at radius 2 is 2.35 bits per heavy atom. The molecule has 100 valence electrons. The van der Waals surface area contributed by atoms with Crippen LogP contribution in [0.1, 0.15) is 13.8 Å². The summed E-state index contributed by atoms with van der Waals surface area (Å²) in [5.74, 6) is -1.22. The van der Waals surface area contributed by atoms with Gasteiger partial charge in [0.1, 0.15) is 0 Å². The third-order valence-corrected chi connectivity index (χ3v) is 2.97. The summed E-state index contributed by atoms with van der Waals surface area (Å²) in [6.45, 7) is 7.45. The van der Waals surface area contributed by atoms with E-state index in [0.29, 0.717) is 13.2 Å². The lowest BCUT2D eigenvalue weighted by Gasteiger charge is -2.32. The molecular weight excluding hydrogens is 224 g/mol. The molecule has 3 N–H and O–H groups in total. The average molecular weight is 246 g/mol. The van der Waals surface area contributed by atoms with Crippen LogP contribution in [0.5, 0.6) is 0 Å². The molecule has 0 aromatic heterocycles. The summed E-state index contributed by atoms with van der Waals surface area (Å²) in [4.78, 5) is 13.0. The maximum atomic E-state index is 10.7. The fourth-order valence-corrected chi connectivity index (χ4v) is 1.74. The van der Waals surface area contributed by atoms with Crippen LogP contribution in [0.25, 0.3) is 0 Å². The number of carboxylic acid groups (broad SMARTS) is 1. The van der Waals surface area contributed by atoms with Crippen LogP contribution in [0.3, 0.4) is 0 Å². The maximum absolute atomic E-state index is 10.7. The minimum Gasteiger partial charge on any atom is -0.479 e. The molecule has 0 bridgehead atoms. The zero-order valence-corrected chi connectivity index (χ0v) is 10.5. The molecule has 1 aliphatic heterocycles. The lowest BCUT2D eigenvalue weighted by atomic mass is 10.1. The Hall–Kier alpha value is -0.690. The topological polar surface area (TPSA) is 82.0 Å². The first-order valence-corrected chi connectivity index (χ1v) is 5.96. The summed E-state index contributed by atoms with van der Waals surface area (Å²) in [6.07, 6.45) is 0.0632. The van der Waals surface area contributed by atoms with Gasteiger partial charge in [-0.2, -0.15) is 0 Å². The quantitative estimate of drug-likeness (QED) is 0.565. The smallest absolute Gasteiger partial charge is 0.336 e. The summed E-state index contributed by atoms with van der Waals surface area (Å²) >= 11 is 0. The second-order valence-electron chi connectivity index (χ2n) is 4.60. The number of nitrogens with zero attached hydrogens (tertiary/aromatic N) is 1. The molecule has 17 heavy (non-hydrogen) atoms. The molecule has 0 amide bonds. The van der Waals surface area contributed by atoms with Gasteiger partial charge in [0, 0.05) is 26.2 Å². The highest BCUT2D eigenvalue weighted by Gasteiger charge is 2.29. The number of ether oxygens (including phenoxy) is 1. The van der Waals surface area contributed by atoms with E-state index in [4.69, 9.17) is 9.84 Å². The van der Waals surface area contributed by atoms with E-state index in [1.807, 2.05) is 0 Å². The molecule has 0 radical (unpaired) electrons. The largest absolute Gasteiger partial charge is 0.479 e. The van der Waals surface area contributed by atoms with Crippen molar-refractivity contribution < 1.29 is 19.7 Å². The minimum atomic E-state index is -1.72.